The third-order valence-electron chi connectivity index (χ3n) is 4.64. The highest BCUT2D eigenvalue weighted by atomic mass is 16.5. The van der Waals surface area contributed by atoms with Crippen LogP contribution >= 0.6 is 0 Å². The van der Waals surface area contributed by atoms with Crippen LogP contribution in [-0.4, -0.2) is 49.8 Å². The van der Waals surface area contributed by atoms with E-state index in [0.717, 1.165) is 39.1 Å². The van der Waals surface area contributed by atoms with Crippen LogP contribution in [0.25, 0.3) is 0 Å². The summed E-state index contributed by atoms with van der Waals surface area (Å²) in [6.45, 7) is 6.20. The number of rotatable bonds is 9. The SMILES string of the molecule is CN(CCCCC(C)(C#N)NC1CC1)CC1CCCOC1. The molecule has 2 aliphatic rings. The van der Waals surface area contributed by atoms with E-state index in [1.165, 1.54) is 32.1 Å². The Balaban J connectivity index is 1.56. The highest BCUT2D eigenvalue weighted by Crippen LogP contribution is 2.24. The normalized spacial score (nSPS) is 25.5. The van der Waals surface area contributed by atoms with Gasteiger partial charge in [0.25, 0.3) is 0 Å². The summed E-state index contributed by atoms with van der Waals surface area (Å²) in [7, 11) is 2.21. The molecule has 1 saturated carbocycles. The van der Waals surface area contributed by atoms with E-state index in [1.54, 1.807) is 0 Å². The summed E-state index contributed by atoms with van der Waals surface area (Å²) in [6, 6.07) is 3.06. The molecule has 1 saturated heterocycles. The molecule has 2 rings (SSSR count). The molecule has 1 aliphatic carbocycles. The van der Waals surface area contributed by atoms with E-state index in [-0.39, 0.29) is 5.54 Å². The van der Waals surface area contributed by atoms with E-state index in [1.807, 2.05) is 0 Å². The zero-order chi connectivity index (χ0) is 15.1. The Morgan fingerprint density at radius 1 is 1.33 bits per heavy atom. The lowest BCUT2D eigenvalue weighted by atomic mass is 9.96. The highest BCUT2D eigenvalue weighted by Gasteiger charge is 2.31. The molecular weight excluding hydrogens is 262 g/mol. The Bertz CT molecular complexity index is 344. The zero-order valence-corrected chi connectivity index (χ0v) is 13.7. The Morgan fingerprint density at radius 3 is 2.76 bits per heavy atom. The number of hydrogen-bond donors (Lipinski definition) is 1. The van der Waals surface area contributed by atoms with Crippen LogP contribution in [-0.2, 0) is 4.74 Å². The molecule has 0 aromatic rings. The lowest BCUT2D eigenvalue weighted by Gasteiger charge is -2.27. The summed E-state index contributed by atoms with van der Waals surface area (Å²) in [4.78, 5) is 2.43. The smallest absolute Gasteiger partial charge is 0.104 e. The summed E-state index contributed by atoms with van der Waals surface area (Å²) >= 11 is 0. The molecule has 120 valence electrons. The molecule has 0 aromatic carbocycles. The van der Waals surface area contributed by atoms with Crippen molar-refractivity contribution in [2.24, 2.45) is 5.92 Å². The van der Waals surface area contributed by atoms with Gasteiger partial charge in [-0.25, -0.2) is 0 Å². The van der Waals surface area contributed by atoms with Gasteiger partial charge in [-0.1, -0.05) is 0 Å². The van der Waals surface area contributed by atoms with Gasteiger partial charge in [-0.15, -0.1) is 0 Å². The van der Waals surface area contributed by atoms with Gasteiger partial charge in [-0.05, 0) is 71.4 Å². The second-order valence-electron chi connectivity index (χ2n) is 7.17. The highest BCUT2D eigenvalue weighted by molar-refractivity contribution is 5.06. The predicted molar refractivity (Wildman–Crippen MR) is 85.1 cm³/mol. The fourth-order valence-corrected chi connectivity index (χ4v) is 3.18. The minimum Gasteiger partial charge on any atom is -0.381 e. The first kappa shape index (κ1) is 16.7. The van der Waals surface area contributed by atoms with Gasteiger partial charge in [-0.3, -0.25) is 5.32 Å². The van der Waals surface area contributed by atoms with Crippen LogP contribution in [0.3, 0.4) is 0 Å². The summed E-state index contributed by atoms with van der Waals surface area (Å²) < 4.78 is 5.54. The Kier molecular flexibility index (Phi) is 6.47. The van der Waals surface area contributed by atoms with E-state index < -0.39 is 0 Å². The lowest BCUT2D eigenvalue weighted by molar-refractivity contribution is 0.0418. The number of unbranched alkanes of at least 4 members (excludes halogenated alkanes) is 1. The van der Waals surface area contributed by atoms with Crippen molar-refractivity contribution in [2.45, 2.75) is 63.5 Å². The van der Waals surface area contributed by atoms with Crippen LogP contribution in [0.2, 0.25) is 0 Å². The third-order valence-corrected chi connectivity index (χ3v) is 4.64. The standard InChI is InChI=1S/C17H31N3O/c1-17(14-18,19-16-7-8-16)9-3-4-10-20(2)12-15-6-5-11-21-13-15/h15-16,19H,3-13H2,1-2H3. The van der Waals surface area contributed by atoms with Gasteiger partial charge in [0.05, 0.1) is 12.7 Å². The first-order valence-electron chi connectivity index (χ1n) is 8.56. The quantitative estimate of drug-likeness (QED) is 0.664. The molecule has 4 nitrogen and oxygen atoms in total. The Labute approximate surface area is 129 Å². The van der Waals surface area contributed by atoms with Crippen LogP contribution in [0, 0.1) is 17.2 Å². The summed E-state index contributed by atoms with van der Waals surface area (Å²) in [5.74, 6) is 0.713. The van der Waals surface area contributed by atoms with Crippen molar-refractivity contribution in [3.05, 3.63) is 0 Å². The molecule has 0 radical (unpaired) electrons. The molecule has 2 atom stereocenters. The van der Waals surface area contributed by atoms with Crippen LogP contribution in [0.1, 0.15) is 51.9 Å². The molecule has 0 spiro atoms. The molecule has 2 unspecified atom stereocenters. The minimum absolute atomic E-state index is 0.322. The third kappa shape index (κ3) is 6.34. The number of hydrogen-bond acceptors (Lipinski definition) is 4. The van der Waals surface area contributed by atoms with Gasteiger partial charge < -0.3 is 9.64 Å². The van der Waals surface area contributed by atoms with E-state index in [0.29, 0.717) is 12.0 Å². The van der Waals surface area contributed by atoms with Gasteiger partial charge in [0.2, 0.25) is 0 Å². The molecule has 1 heterocycles. The summed E-state index contributed by atoms with van der Waals surface area (Å²) in [6.07, 6.45) is 8.25. The first-order valence-corrected chi connectivity index (χ1v) is 8.56. The molecule has 2 fully saturated rings. The average Bonchev–Trinajstić information content (AvgIpc) is 3.28. The van der Waals surface area contributed by atoms with Crippen LogP contribution < -0.4 is 5.32 Å². The summed E-state index contributed by atoms with van der Waals surface area (Å²) in [5, 5.41) is 12.8. The van der Waals surface area contributed by atoms with Crippen molar-refractivity contribution < 1.29 is 4.74 Å². The predicted octanol–water partition coefficient (Wildman–Crippen LogP) is 2.55. The largest absolute Gasteiger partial charge is 0.381 e. The van der Waals surface area contributed by atoms with E-state index >= 15 is 0 Å². The van der Waals surface area contributed by atoms with Gasteiger partial charge in [0, 0.05) is 19.2 Å². The molecule has 21 heavy (non-hydrogen) atoms. The molecule has 0 bridgehead atoms. The van der Waals surface area contributed by atoms with Gasteiger partial charge in [0.15, 0.2) is 0 Å². The van der Waals surface area contributed by atoms with E-state index in [2.05, 4.69) is 30.3 Å². The monoisotopic (exact) mass is 293 g/mol. The van der Waals surface area contributed by atoms with Crippen molar-refractivity contribution in [2.75, 3.05) is 33.4 Å². The maximum Gasteiger partial charge on any atom is 0.104 e. The van der Waals surface area contributed by atoms with Crippen molar-refractivity contribution in [1.29, 1.82) is 5.26 Å². The average molecular weight is 293 g/mol. The van der Waals surface area contributed by atoms with Gasteiger partial charge >= 0.3 is 0 Å². The molecule has 1 N–H and O–H groups in total. The van der Waals surface area contributed by atoms with E-state index in [4.69, 9.17) is 4.74 Å². The van der Waals surface area contributed by atoms with Gasteiger partial charge in [0.1, 0.15) is 5.54 Å². The van der Waals surface area contributed by atoms with Crippen molar-refractivity contribution in [3.8, 4) is 6.07 Å². The zero-order valence-electron chi connectivity index (χ0n) is 13.7. The molecule has 0 amide bonds. The number of nitriles is 1. The van der Waals surface area contributed by atoms with Crippen LogP contribution in [0.4, 0.5) is 0 Å². The second kappa shape index (κ2) is 8.12. The van der Waals surface area contributed by atoms with Crippen LogP contribution in [0.5, 0.6) is 0 Å². The van der Waals surface area contributed by atoms with Crippen LogP contribution in [0.15, 0.2) is 0 Å². The Morgan fingerprint density at radius 2 is 2.14 bits per heavy atom. The van der Waals surface area contributed by atoms with Gasteiger partial charge in [-0.2, -0.15) is 5.26 Å². The number of nitrogens with one attached hydrogen (secondary N) is 1. The lowest BCUT2D eigenvalue weighted by Crippen LogP contribution is -2.42. The molecule has 0 aromatic heterocycles. The van der Waals surface area contributed by atoms with E-state index in [9.17, 15) is 5.26 Å². The fourth-order valence-electron chi connectivity index (χ4n) is 3.18. The number of nitrogens with zero attached hydrogens (tertiary/aromatic N) is 2. The number of ether oxygens (including phenoxy) is 1. The maximum absolute atomic E-state index is 9.35. The van der Waals surface area contributed by atoms with Crippen molar-refractivity contribution in [1.82, 2.24) is 10.2 Å². The van der Waals surface area contributed by atoms with Crippen molar-refractivity contribution in [3.63, 3.8) is 0 Å². The molecular formula is C17H31N3O. The first-order chi connectivity index (χ1) is 10.1. The molecule has 4 heteroatoms. The van der Waals surface area contributed by atoms with Crippen molar-refractivity contribution >= 4 is 0 Å². The minimum atomic E-state index is -0.322. The fraction of sp³-hybridized carbons (Fsp3) is 0.941. The molecule has 1 aliphatic heterocycles. The summed E-state index contributed by atoms with van der Waals surface area (Å²) in [5.41, 5.74) is -0.322. The maximum atomic E-state index is 9.35. The topological polar surface area (TPSA) is 48.3 Å². The second-order valence-corrected chi connectivity index (χ2v) is 7.17. The Hall–Kier alpha value is -0.630.